The summed E-state index contributed by atoms with van der Waals surface area (Å²) in [5, 5.41) is 10.2. The van der Waals surface area contributed by atoms with E-state index < -0.39 is 5.97 Å². The Kier molecular flexibility index (Phi) is 2.88. The van der Waals surface area contributed by atoms with Gasteiger partial charge in [0, 0.05) is 23.0 Å². The summed E-state index contributed by atoms with van der Waals surface area (Å²) in [6.07, 6.45) is 2.36. The number of carbonyl (C=O) groups is 1. The van der Waals surface area contributed by atoms with Crippen molar-refractivity contribution in [2.45, 2.75) is 12.8 Å². The minimum absolute atomic E-state index is 0.118. The Morgan fingerprint density at radius 1 is 1.53 bits per heavy atom. The Morgan fingerprint density at radius 2 is 2.33 bits per heavy atom. The number of aryl methyl sites for hydroxylation is 1. The lowest BCUT2D eigenvalue weighted by Crippen LogP contribution is -1.97. The van der Waals surface area contributed by atoms with Gasteiger partial charge in [-0.1, -0.05) is 11.6 Å². The third kappa shape index (κ3) is 2.27. The number of carboxylic acid groups (broad SMARTS) is 1. The standard InChI is InChI=1S/C10H8ClNO2S/c11-8-3-6(1-2-9(13)14)10-7(4-8)5-12-15-10/h3-5H,1-2H2,(H,13,14). The molecule has 0 saturated heterocycles. The minimum Gasteiger partial charge on any atom is -0.481 e. The molecule has 0 atom stereocenters. The van der Waals surface area contributed by atoms with Crippen molar-refractivity contribution >= 4 is 39.2 Å². The Labute approximate surface area is 95.5 Å². The van der Waals surface area contributed by atoms with E-state index in [9.17, 15) is 4.79 Å². The molecule has 0 aliphatic carbocycles. The molecule has 0 aliphatic rings. The number of benzene rings is 1. The fourth-order valence-corrected chi connectivity index (χ4v) is 2.46. The molecule has 0 bridgehead atoms. The highest BCUT2D eigenvalue weighted by atomic mass is 35.5. The zero-order chi connectivity index (χ0) is 10.8. The number of fused-ring (bicyclic) bond motifs is 1. The van der Waals surface area contributed by atoms with Gasteiger partial charge in [-0.05, 0) is 35.6 Å². The molecular formula is C10H8ClNO2S. The van der Waals surface area contributed by atoms with Gasteiger partial charge < -0.3 is 5.11 Å². The van der Waals surface area contributed by atoms with Gasteiger partial charge in [-0.15, -0.1) is 0 Å². The molecule has 0 spiro atoms. The van der Waals surface area contributed by atoms with E-state index in [2.05, 4.69) is 4.37 Å². The summed E-state index contributed by atoms with van der Waals surface area (Å²) in [7, 11) is 0. The normalized spacial score (nSPS) is 10.7. The quantitative estimate of drug-likeness (QED) is 0.899. The maximum atomic E-state index is 10.5. The highest BCUT2D eigenvalue weighted by molar-refractivity contribution is 7.13. The Balaban J connectivity index is 2.39. The molecule has 0 saturated carbocycles. The molecule has 0 unspecified atom stereocenters. The van der Waals surface area contributed by atoms with Gasteiger partial charge in [0.15, 0.2) is 0 Å². The van der Waals surface area contributed by atoms with E-state index in [1.165, 1.54) is 11.5 Å². The zero-order valence-electron chi connectivity index (χ0n) is 7.74. The highest BCUT2D eigenvalue weighted by Gasteiger charge is 2.07. The van der Waals surface area contributed by atoms with Crippen LogP contribution < -0.4 is 0 Å². The summed E-state index contributed by atoms with van der Waals surface area (Å²) >= 11 is 7.30. The predicted octanol–water partition coefficient (Wildman–Crippen LogP) is 2.97. The van der Waals surface area contributed by atoms with Crippen LogP contribution in [0.5, 0.6) is 0 Å². The number of rotatable bonds is 3. The molecule has 5 heteroatoms. The van der Waals surface area contributed by atoms with Crippen LogP contribution in [0.2, 0.25) is 5.02 Å². The van der Waals surface area contributed by atoms with Crippen molar-refractivity contribution in [3.05, 3.63) is 28.9 Å². The first kappa shape index (κ1) is 10.4. The first-order valence-electron chi connectivity index (χ1n) is 4.41. The van der Waals surface area contributed by atoms with Crippen molar-refractivity contribution in [3.8, 4) is 0 Å². The molecule has 1 heterocycles. The molecule has 1 N–H and O–H groups in total. The molecular weight excluding hydrogens is 234 g/mol. The van der Waals surface area contributed by atoms with E-state index in [0.29, 0.717) is 11.4 Å². The van der Waals surface area contributed by atoms with Crippen LogP contribution in [0.4, 0.5) is 0 Å². The van der Waals surface area contributed by atoms with Crippen molar-refractivity contribution in [1.29, 1.82) is 0 Å². The molecule has 78 valence electrons. The van der Waals surface area contributed by atoms with Crippen molar-refractivity contribution in [2.75, 3.05) is 0 Å². The lowest BCUT2D eigenvalue weighted by atomic mass is 10.1. The van der Waals surface area contributed by atoms with Crippen molar-refractivity contribution in [1.82, 2.24) is 4.37 Å². The van der Waals surface area contributed by atoms with E-state index in [4.69, 9.17) is 16.7 Å². The summed E-state index contributed by atoms with van der Waals surface area (Å²) in [6, 6.07) is 3.65. The fourth-order valence-electron chi connectivity index (χ4n) is 1.44. The van der Waals surface area contributed by atoms with Gasteiger partial charge in [0.25, 0.3) is 0 Å². The number of carboxylic acids is 1. The van der Waals surface area contributed by atoms with Crippen molar-refractivity contribution in [3.63, 3.8) is 0 Å². The Hall–Kier alpha value is -1.13. The topological polar surface area (TPSA) is 50.2 Å². The van der Waals surface area contributed by atoms with E-state index in [1.807, 2.05) is 12.1 Å². The summed E-state index contributed by atoms with van der Waals surface area (Å²) in [4.78, 5) is 10.5. The van der Waals surface area contributed by atoms with Crippen LogP contribution in [0.1, 0.15) is 12.0 Å². The van der Waals surface area contributed by atoms with Crippen LogP contribution in [0.15, 0.2) is 18.3 Å². The number of aliphatic carboxylic acids is 1. The molecule has 15 heavy (non-hydrogen) atoms. The predicted molar refractivity (Wildman–Crippen MR) is 60.6 cm³/mol. The minimum atomic E-state index is -0.798. The molecule has 0 aliphatic heterocycles. The number of aromatic nitrogens is 1. The second kappa shape index (κ2) is 4.16. The van der Waals surface area contributed by atoms with Crippen LogP contribution in [0.3, 0.4) is 0 Å². The molecule has 0 radical (unpaired) electrons. The summed E-state index contributed by atoms with van der Waals surface area (Å²) < 4.78 is 5.09. The number of hydrogen-bond acceptors (Lipinski definition) is 3. The largest absolute Gasteiger partial charge is 0.481 e. The SMILES string of the molecule is O=C(O)CCc1cc(Cl)cc2cnsc12. The van der Waals surface area contributed by atoms with Gasteiger partial charge in [0.1, 0.15) is 0 Å². The van der Waals surface area contributed by atoms with E-state index >= 15 is 0 Å². The highest BCUT2D eigenvalue weighted by Crippen LogP contribution is 2.27. The molecule has 0 fully saturated rings. The summed E-state index contributed by atoms with van der Waals surface area (Å²) in [5.74, 6) is -0.798. The van der Waals surface area contributed by atoms with Gasteiger partial charge in [-0.3, -0.25) is 4.79 Å². The zero-order valence-corrected chi connectivity index (χ0v) is 9.31. The van der Waals surface area contributed by atoms with Gasteiger partial charge in [-0.2, -0.15) is 4.37 Å². The van der Waals surface area contributed by atoms with Gasteiger partial charge in [0.2, 0.25) is 0 Å². The monoisotopic (exact) mass is 241 g/mol. The lowest BCUT2D eigenvalue weighted by molar-refractivity contribution is -0.136. The average Bonchev–Trinajstić information content (AvgIpc) is 2.61. The first-order valence-corrected chi connectivity index (χ1v) is 5.56. The van der Waals surface area contributed by atoms with Crippen LogP contribution in [-0.4, -0.2) is 15.4 Å². The number of nitrogens with zero attached hydrogens (tertiary/aromatic N) is 1. The second-order valence-electron chi connectivity index (χ2n) is 3.20. The Morgan fingerprint density at radius 3 is 3.07 bits per heavy atom. The van der Waals surface area contributed by atoms with Crippen molar-refractivity contribution < 1.29 is 9.90 Å². The third-order valence-corrected chi connectivity index (χ3v) is 3.21. The maximum Gasteiger partial charge on any atom is 0.303 e. The van der Waals surface area contributed by atoms with Crippen LogP contribution in [0, 0.1) is 0 Å². The summed E-state index contributed by atoms with van der Waals surface area (Å²) in [5.41, 5.74) is 0.961. The fraction of sp³-hybridized carbons (Fsp3) is 0.200. The summed E-state index contributed by atoms with van der Waals surface area (Å²) in [6.45, 7) is 0. The van der Waals surface area contributed by atoms with Gasteiger partial charge in [-0.25, -0.2) is 0 Å². The second-order valence-corrected chi connectivity index (χ2v) is 4.44. The number of hydrogen-bond donors (Lipinski definition) is 1. The van der Waals surface area contributed by atoms with E-state index in [0.717, 1.165) is 15.6 Å². The van der Waals surface area contributed by atoms with Gasteiger partial charge in [0.05, 0.1) is 4.70 Å². The molecule has 2 aromatic rings. The van der Waals surface area contributed by atoms with E-state index in [1.54, 1.807) is 6.20 Å². The van der Waals surface area contributed by atoms with Crippen LogP contribution in [-0.2, 0) is 11.2 Å². The molecule has 1 aromatic heterocycles. The molecule has 2 rings (SSSR count). The molecule has 0 amide bonds. The molecule has 3 nitrogen and oxygen atoms in total. The average molecular weight is 242 g/mol. The molecule has 1 aromatic carbocycles. The lowest BCUT2D eigenvalue weighted by Gasteiger charge is -2.01. The van der Waals surface area contributed by atoms with Gasteiger partial charge >= 0.3 is 5.97 Å². The number of halogens is 1. The van der Waals surface area contributed by atoms with Crippen LogP contribution in [0.25, 0.3) is 10.1 Å². The first-order chi connectivity index (χ1) is 7.16. The van der Waals surface area contributed by atoms with E-state index in [-0.39, 0.29) is 6.42 Å². The smallest absolute Gasteiger partial charge is 0.303 e. The van der Waals surface area contributed by atoms with Crippen molar-refractivity contribution in [2.24, 2.45) is 0 Å². The Bertz CT molecular complexity index is 509. The maximum absolute atomic E-state index is 10.5. The third-order valence-electron chi connectivity index (χ3n) is 2.10. The van der Waals surface area contributed by atoms with Crippen LogP contribution >= 0.6 is 23.1 Å².